The van der Waals surface area contributed by atoms with Gasteiger partial charge in [0.25, 0.3) is 0 Å². The fraction of sp³-hybridized carbons (Fsp3) is 0.636. The van der Waals surface area contributed by atoms with Crippen molar-refractivity contribution in [3.05, 3.63) is 0 Å². The molecule has 88 valence electrons. The SMILES string of the molecule is CCCCC(C#N)C(C(=O)O)C(=O)C(C)=O. The number of ketones is 2. The predicted octanol–water partition coefficient (Wildman–Crippen LogP) is 1.18. The molecule has 0 aromatic heterocycles. The number of carbonyl (C=O) groups excluding carboxylic acids is 2. The summed E-state index contributed by atoms with van der Waals surface area (Å²) in [6.07, 6.45) is 1.79. The monoisotopic (exact) mass is 225 g/mol. The Hall–Kier alpha value is -1.70. The van der Waals surface area contributed by atoms with Crippen molar-refractivity contribution in [2.75, 3.05) is 0 Å². The second-order valence-electron chi connectivity index (χ2n) is 3.61. The summed E-state index contributed by atoms with van der Waals surface area (Å²) in [6, 6.07) is 1.80. The van der Waals surface area contributed by atoms with Crippen LogP contribution >= 0.6 is 0 Å². The molecule has 0 amide bonds. The molecule has 16 heavy (non-hydrogen) atoms. The lowest BCUT2D eigenvalue weighted by Crippen LogP contribution is -2.34. The second kappa shape index (κ2) is 6.72. The van der Waals surface area contributed by atoms with E-state index < -0.39 is 29.4 Å². The lowest BCUT2D eigenvalue weighted by atomic mass is 9.85. The van der Waals surface area contributed by atoms with Crippen LogP contribution in [-0.2, 0) is 14.4 Å². The van der Waals surface area contributed by atoms with Gasteiger partial charge in [-0.25, -0.2) is 0 Å². The Kier molecular flexibility index (Phi) is 6.01. The Morgan fingerprint density at radius 1 is 1.38 bits per heavy atom. The maximum atomic E-state index is 11.4. The summed E-state index contributed by atoms with van der Waals surface area (Å²) >= 11 is 0. The molecule has 0 spiro atoms. The van der Waals surface area contributed by atoms with Crippen molar-refractivity contribution in [1.29, 1.82) is 5.26 Å². The number of aliphatic carboxylic acids is 1. The van der Waals surface area contributed by atoms with Gasteiger partial charge in [-0.3, -0.25) is 14.4 Å². The molecule has 2 atom stereocenters. The first kappa shape index (κ1) is 14.3. The molecule has 0 saturated heterocycles. The highest BCUT2D eigenvalue weighted by atomic mass is 16.4. The number of hydrogen-bond acceptors (Lipinski definition) is 4. The highest BCUT2D eigenvalue weighted by Gasteiger charge is 2.36. The number of carbonyl (C=O) groups is 3. The topological polar surface area (TPSA) is 95.2 Å². The standard InChI is InChI=1S/C11H15NO4/c1-3-4-5-8(6-12)9(11(15)16)10(14)7(2)13/h8-9H,3-5H2,1-2H3,(H,15,16). The highest BCUT2D eigenvalue weighted by Crippen LogP contribution is 2.20. The van der Waals surface area contributed by atoms with Crippen LogP contribution in [0.1, 0.15) is 33.1 Å². The van der Waals surface area contributed by atoms with Crippen molar-refractivity contribution in [3.63, 3.8) is 0 Å². The number of Topliss-reactive ketones (excluding diaryl/α,β-unsaturated/α-hetero) is 2. The van der Waals surface area contributed by atoms with Crippen LogP contribution in [0.25, 0.3) is 0 Å². The first-order valence-electron chi connectivity index (χ1n) is 5.12. The van der Waals surface area contributed by atoms with Gasteiger partial charge in [-0.15, -0.1) is 0 Å². The minimum atomic E-state index is -1.52. The van der Waals surface area contributed by atoms with Crippen molar-refractivity contribution in [3.8, 4) is 6.07 Å². The second-order valence-corrected chi connectivity index (χ2v) is 3.61. The molecule has 0 heterocycles. The number of unbranched alkanes of at least 4 members (excludes halogenated alkanes) is 1. The van der Waals surface area contributed by atoms with Crippen LogP contribution in [-0.4, -0.2) is 22.6 Å². The van der Waals surface area contributed by atoms with Crippen LogP contribution in [0.4, 0.5) is 0 Å². The summed E-state index contributed by atoms with van der Waals surface area (Å²) in [7, 11) is 0. The van der Waals surface area contributed by atoms with Gasteiger partial charge in [-0.1, -0.05) is 19.8 Å². The van der Waals surface area contributed by atoms with Gasteiger partial charge in [-0.05, 0) is 6.42 Å². The molecule has 0 aromatic carbocycles. The van der Waals surface area contributed by atoms with Gasteiger partial charge in [0.15, 0.2) is 5.78 Å². The van der Waals surface area contributed by atoms with Gasteiger partial charge < -0.3 is 5.11 Å². The Labute approximate surface area is 94.1 Å². The van der Waals surface area contributed by atoms with Crippen LogP contribution in [0.15, 0.2) is 0 Å². The molecule has 5 nitrogen and oxygen atoms in total. The molecule has 0 aliphatic heterocycles. The van der Waals surface area contributed by atoms with E-state index in [4.69, 9.17) is 10.4 Å². The minimum Gasteiger partial charge on any atom is -0.481 e. The smallest absolute Gasteiger partial charge is 0.315 e. The Morgan fingerprint density at radius 3 is 2.25 bits per heavy atom. The Balaban J connectivity index is 4.88. The van der Waals surface area contributed by atoms with E-state index >= 15 is 0 Å². The van der Waals surface area contributed by atoms with Gasteiger partial charge >= 0.3 is 5.97 Å². The molecule has 0 fully saturated rings. The molecule has 0 radical (unpaired) electrons. The van der Waals surface area contributed by atoms with Crippen LogP contribution in [0.5, 0.6) is 0 Å². The molecule has 5 heteroatoms. The zero-order valence-corrected chi connectivity index (χ0v) is 9.40. The summed E-state index contributed by atoms with van der Waals surface area (Å²) < 4.78 is 0. The van der Waals surface area contributed by atoms with E-state index in [0.717, 1.165) is 13.3 Å². The maximum Gasteiger partial charge on any atom is 0.315 e. The summed E-state index contributed by atoms with van der Waals surface area (Å²) in [5.41, 5.74) is 0. The molecule has 1 N–H and O–H groups in total. The van der Waals surface area contributed by atoms with E-state index in [1.165, 1.54) is 0 Å². The van der Waals surface area contributed by atoms with E-state index in [1.54, 1.807) is 6.07 Å². The summed E-state index contributed by atoms with van der Waals surface area (Å²) in [5.74, 6) is -5.65. The third kappa shape index (κ3) is 3.81. The first-order chi connectivity index (χ1) is 7.45. The lowest BCUT2D eigenvalue weighted by molar-refractivity contribution is -0.151. The third-order valence-corrected chi connectivity index (χ3v) is 2.33. The molecule has 0 aliphatic carbocycles. The molecule has 0 bridgehead atoms. The Bertz CT molecular complexity index is 329. The highest BCUT2D eigenvalue weighted by molar-refractivity contribution is 6.40. The van der Waals surface area contributed by atoms with Crippen LogP contribution < -0.4 is 0 Å². The average molecular weight is 225 g/mol. The van der Waals surface area contributed by atoms with Crippen molar-refractivity contribution >= 4 is 17.5 Å². The van der Waals surface area contributed by atoms with Gasteiger partial charge in [-0.2, -0.15) is 5.26 Å². The number of nitriles is 1. The molecular weight excluding hydrogens is 210 g/mol. The number of carboxylic acids is 1. The zero-order valence-electron chi connectivity index (χ0n) is 9.40. The van der Waals surface area contributed by atoms with Crippen molar-refractivity contribution < 1.29 is 19.5 Å². The number of rotatable bonds is 7. The molecule has 0 rings (SSSR count). The van der Waals surface area contributed by atoms with Crippen LogP contribution in [0, 0.1) is 23.2 Å². The number of carboxylic acid groups (broad SMARTS) is 1. The molecule has 0 aliphatic rings. The van der Waals surface area contributed by atoms with Crippen molar-refractivity contribution in [1.82, 2.24) is 0 Å². The largest absolute Gasteiger partial charge is 0.481 e. The van der Waals surface area contributed by atoms with E-state index in [2.05, 4.69) is 0 Å². The first-order valence-corrected chi connectivity index (χ1v) is 5.12. The Morgan fingerprint density at radius 2 is 1.94 bits per heavy atom. The van der Waals surface area contributed by atoms with Gasteiger partial charge in [0.2, 0.25) is 5.78 Å². The normalized spacial score (nSPS) is 13.6. The van der Waals surface area contributed by atoms with Crippen molar-refractivity contribution in [2.24, 2.45) is 11.8 Å². The van der Waals surface area contributed by atoms with Gasteiger partial charge in [0.05, 0.1) is 12.0 Å². The fourth-order valence-corrected chi connectivity index (χ4v) is 1.42. The maximum absolute atomic E-state index is 11.4. The van der Waals surface area contributed by atoms with E-state index in [1.807, 2.05) is 6.92 Å². The quantitative estimate of drug-likeness (QED) is 0.518. The molecule has 0 saturated carbocycles. The van der Waals surface area contributed by atoms with Gasteiger partial charge in [0.1, 0.15) is 5.92 Å². The zero-order chi connectivity index (χ0) is 12.7. The fourth-order valence-electron chi connectivity index (χ4n) is 1.42. The number of nitrogens with zero attached hydrogens (tertiary/aromatic N) is 1. The van der Waals surface area contributed by atoms with Gasteiger partial charge in [0, 0.05) is 6.92 Å². The van der Waals surface area contributed by atoms with E-state index in [9.17, 15) is 14.4 Å². The lowest BCUT2D eigenvalue weighted by Gasteiger charge is -2.14. The summed E-state index contributed by atoms with van der Waals surface area (Å²) in [5, 5.41) is 17.7. The summed E-state index contributed by atoms with van der Waals surface area (Å²) in [6.45, 7) is 2.92. The van der Waals surface area contributed by atoms with Crippen LogP contribution in [0.2, 0.25) is 0 Å². The third-order valence-electron chi connectivity index (χ3n) is 2.33. The van der Waals surface area contributed by atoms with Crippen LogP contribution in [0.3, 0.4) is 0 Å². The molecule has 2 unspecified atom stereocenters. The molecular formula is C11H15NO4. The summed E-state index contributed by atoms with van der Waals surface area (Å²) in [4.78, 5) is 33.1. The predicted molar refractivity (Wildman–Crippen MR) is 55.4 cm³/mol. The minimum absolute atomic E-state index is 0.322. The van der Waals surface area contributed by atoms with E-state index in [0.29, 0.717) is 12.8 Å². The number of hydrogen-bond donors (Lipinski definition) is 1. The average Bonchev–Trinajstić information content (AvgIpc) is 2.22. The van der Waals surface area contributed by atoms with E-state index in [-0.39, 0.29) is 0 Å². The van der Waals surface area contributed by atoms with Crippen molar-refractivity contribution in [2.45, 2.75) is 33.1 Å². The molecule has 0 aromatic rings.